The number of carbonyl (C=O) groups excluding carboxylic acids is 1. The molecule has 1 aromatic heterocycles. The Balaban J connectivity index is 1.51. The first-order valence-electron chi connectivity index (χ1n) is 8.69. The fraction of sp³-hybridized carbons (Fsp3) is 0.333. The molecule has 1 fully saturated rings. The monoisotopic (exact) mass is 410 g/mol. The Labute approximate surface area is 163 Å². The summed E-state index contributed by atoms with van der Waals surface area (Å²) in [4.78, 5) is 30.0. The van der Waals surface area contributed by atoms with Gasteiger partial charge in [0.2, 0.25) is 5.91 Å². The molecule has 0 N–H and O–H groups in total. The van der Waals surface area contributed by atoms with Gasteiger partial charge >= 0.3 is 12.2 Å². The van der Waals surface area contributed by atoms with Crippen LogP contribution in [0.1, 0.15) is 5.56 Å². The van der Waals surface area contributed by atoms with E-state index in [-0.39, 0.29) is 23.9 Å². The summed E-state index contributed by atoms with van der Waals surface area (Å²) in [6.07, 6.45) is -3.25. The predicted octanol–water partition coefficient (Wildman–Crippen LogP) is 2.78. The molecule has 29 heavy (non-hydrogen) atoms. The zero-order valence-corrected chi connectivity index (χ0v) is 15.1. The number of pyridine rings is 1. The third kappa shape index (κ3) is 5.56. The number of nitro groups is 1. The van der Waals surface area contributed by atoms with E-state index >= 15 is 0 Å². The molecule has 154 valence electrons. The summed E-state index contributed by atoms with van der Waals surface area (Å²) in [7, 11) is 0. The van der Waals surface area contributed by atoms with Gasteiger partial charge in [-0.2, -0.15) is 0 Å². The highest BCUT2D eigenvalue weighted by Crippen LogP contribution is 2.23. The quantitative estimate of drug-likeness (QED) is 0.556. The van der Waals surface area contributed by atoms with Gasteiger partial charge in [0.1, 0.15) is 5.75 Å². The van der Waals surface area contributed by atoms with Crippen LogP contribution in [0.2, 0.25) is 0 Å². The average Bonchev–Trinajstić information content (AvgIpc) is 2.68. The Kier molecular flexibility index (Phi) is 5.85. The standard InChI is InChI=1S/C18H17F3N4O4/c19-18(20,21)29-15-4-1-13(2-5-15)11-17(26)24-9-7-23(8-10-24)14-3-6-16(22-12-14)25(27)28/h1-6,12H,7-11H2. The van der Waals surface area contributed by atoms with Gasteiger partial charge in [-0.05, 0) is 33.7 Å². The molecule has 2 aromatic rings. The van der Waals surface area contributed by atoms with E-state index in [4.69, 9.17) is 0 Å². The van der Waals surface area contributed by atoms with Crippen molar-refractivity contribution in [1.82, 2.24) is 9.88 Å². The van der Waals surface area contributed by atoms with Crippen molar-refractivity contribution >= 4 is 17.4 Å². The van der Waals surface area contributed by atoms with Crippen molar-refractivity contribution in [1.29, 1.82) is 0 Å². The van der Waals surface area contributed by atoms with Crippen molar-refractivity contribution in [3.63, 3.8) is 0 Å². The highest BCUT2D eigenvalue weighted by atomic mass is 19.4. The second-order valence-corrected chi connectivity index (χ2v) is 6.37. The number of hydrogen-bond acceptors (Lipinski definition) is 6. The first-order chi connectivity index (χ1) is 13.7. The third-order valence-electron chi connectivity index (χ3n) is 4.43. The number of piperazine rings is 1. The summed E-state index contributed by atoms with van der Waals surface area (Å²) < 4.78 is 40.4. The average molecular weight is 410 g/mol. The number of amides is 1. The first-order valence-corrected chi connectivity index (χ1v) is 8.69. The van der Waals surface area contributed by atoms with Gasteiger partial charge in [0.05, 0.1) is 12.1 Å². The van der Waals surface area contributed by atoms with Crippen LogP contribution in [0.5, 0.6) is 5.75 Å². The van der Waals surface area contributed by atoms with Crippen LogP contribution in [0.3, 0.4) is 0 Å². The van der Waals surface area contributed by atoms with Crippen LogP contribution in [0.15, 0.2) is 42.6 Å². The van der Waals surface area contributed by atoms with Gasteiger partial charge in [-0.25, -0.2) is 0 Å². The topological polar surface area (TPSA) is 88.8 Å². The molecule has 1 aliphatic heterocycles. The summed E-state index contributed by atoms with van der Waals surface area (Å²) >= 11 is 0. The van der Waals surface area contributed by atoms with E-state index in [1.807, 2.05) is 4.90 Å². The molecular weight excluding hydrogens is 393 g/mol. The molecule has 3 rings (SSSR count). The van der Waals surface area contributed by atoms with Crippen LogP contribution >= 0.6 is 0 Å². The lowest BCUT2D eigenvalue weighted by Gasteiger charge is -2.35. The lowest BCUT2D eigenvalue weighted by atomic mass is 10.1. The second kappa shape index (κ2) is 8.33. The lowest BCUT2D eigenvalue weighted by Crippen LogP contribution is -2.49. The highest BCUT2D eigenvalue weighted by molar-refractivity contribution is 5.79. The zero-order valence-electron chi connectivity index (χ0n) is 15.1. The number of benzene rings is 1. The van der Waals surface area contributed by atoms with E-state index in [2.05, 4.69) is 9.72 Å². The lowest BCUT2D eigenvalue weighted by molar-refractivity contribution is -0.389. The number of halogens is 3. The van der Waals surface area contributed by atoms with E-state index in [0.717, 1.165) is 5.69 Å². The van der Waals surface area contributed by atoms with Gasteiger partial charge in [-0.1, -0.05) is 12.1 Å². The number of nitrogens with zero attached hydrogens (tertiary/aromatic N) is 4. The van der Waals surface area contributed by atoms with Crippen molar-refractivity contribution in [2.45, 2.75) is 12.8 Å². The normalized spacial score (nSPS) is 14.6. The van der Waals surface area contributed by atoms with E-state index in [1.54, 1.807) is 11.0 Å². The fourth-order valence-corrected chi connectivity index (χ4v) is 2.98. The number of rotatable bonds is 5. The SMILES string of the molecule is O=C(Cc1ccc(OC(F)(F)F)cc1)N1CCN(c2ccc([N+](=O)[O-])nc2)CC1. The number of hydrogen-bond donors (Lipinski definition) is 0. The Hall–Kier alpha value is -3.37. The van der Waals surface area contributed by atoms with Gasteiger partial charge in [0, 0.05) is 32.2 Å². The molecule has 1 saturated heterocycles. The fourth-order valence-electron chi connectivity index (χ4n) is 2.98. The van der Waals surface area contributed by atoms with Crippen molar-refractivity contribution in [2.75, 3.05) is 31.1 Å². The molecule has 1 amide bonds. The molecular formula is C18H17F3N4O4. The van der Waals surface area contributed by atoms with E-state index in [1.165, 1.54) is 36.5 Å². The molecule has 0 radical (unpaired) electrons. The van der Waals surface area contributed by atoms with Gasteiger partial charge < -0.3 is 24.7 Å². The van der Waals surface area contributed by atoms with Gasteiger partial charge in [0.15, 0.2) is 6.20 Å². The Bertz CT molecular complexity index is 864. The smallest absolute Gasteiger partial charge is 0.406 e. The molecule has 1 aliphatic rings. The maximum atomic E-state index is 12.5. The minimum Gasteiger partial charge on any atom is -0.406 e. The summed E-state index contributed by atoms with van der Waals surface area (Å²) in [5.74, 6) is -0.691. The number of alkyl halides is 3. The summed E-state index contributed by atoms with van der Waals surface area (Å²) in [5, 5.41) is 10.7. The number of ether oxygens (including phenoxy) is 1. The second-order valence-electron chi connectivity index (χ2n) is 6.37. The zero-order chi connectivity index (χ0) is 21.0. The number of aromatic nitrogens is 1. The summed E-state index contributed by atoms with van der Waals surface area (Å²) in [5.41, 5.74) is 1.33. The summed E-state index contributed by atoms with van der Waals surface area (Å²) in [6, 6.07) is 8.16. The molecule has 1 aromatic carbocycles. The minimum absolute atomic E-state index is 0.0748. The molecule has 0 spiro atoms. The van der Waals surface area contributed by atoms with Gasteiger partial charge in [-0.15, -0.1) is 13.2 Å². The molecule has 0 bridgehead atoms. The van der Waals surface area contributed by atoms with Crippen molar-refractivity contribution in [3.8, 4) is 5.75 Å². The molecule has 11 heteroatoms. The molecule has 0 atom stereocenters. The van der Waals surface area contributed by atoms with Crippen LogP contribution in [0.25, 0.3) is 0 Å². The van der Waals surface area contributed by atoms with Crippen molar-refractivity contribution in [3.05, 3.63) is 58.3 Å². The van der Waals surface area contributed by atoms with Crippen LogP contribution in [-0.2, 0) is 11.2 Å². The maximum absolute atomic E-state index is 12.5. The highest BCUT2D eigenvalue weighted by Gasteiger charge is 2.31. The predicted molar refractivity (Wildman–Crippen MR) is 96.5 cm³/mol. The largest absolute Gasteiger partial charge is 0.573 e. The van der Waals surface area contributed by atoms with E-state index in [9.17, 15) is 28.1 Å². The van der Waals surface area contributed by atoms with Gasteiger partial charge in [0.25, 0.3) is 0 Å². The Morgan fingerprint density at radius 2 is 1.76 bits per heavy atom. The van der Waals surface area contributed by atoms with Crippen LogP contribution in [-0.4, -0.2) is 53.3 Å². The van der Waals surface area contributed by atoms with Crippen LogP contribution in [0.4, 0.5) is 24.7 Å². The maximum Gasteiger partial charge on any atom is 0.573 e. The Morgan fingerprint density at radius 1 is 1.10 bits per heavy atom. The minimum atomic E-state index is -4.75. The van der Waals surface area contributed by atoms with Crippen LogP contribution < -0.4 is 9.64 Å². The molecule has 0 unspecified atom stereocenters. The number of carbonyl (C=O) groups is 1. The first kappa shape index (κ1) is 20.4. The van der Waals surface area contributed by atoms with E-state index < -0.39 is 11.3 Å². The summed E-state index contributed by atoms with van der Waals surface area (Å²) in [6.45, 7) is 2.02. The van der Waals surface area contributed by atoms with Crippen molar-refractivity contribution < 1.29 is 27.6 Å². The van der Waals surface area contributed by atoms with Crippen molar-refractivity contribution in [2.24, 2.45) is 0 Å². The van der Waals surface area contributed by atoms with Gasteiger partial charge in [-0.3, -0.25) is 4.79 Å². The van der Waals surface area contributed by atoms with Crippen LogP contribution in [0, 0.1) is 10.1 Å². The van der Waals surface area contributed by atoms with E-state index in [0.29, 0.717) is 31.7 Å². The molecule has 8 nitrogen and oxygen atoms in total. The molecule has 0 saturated carbocycles. The Morgan fingerprint density at radius 3 is 2.28 bits per heavy atom. The third-order valence-corrected chi connectivity index (χ3v) is 4.43. The number of anilines is 1. The molecule has 2 heterocycles. The molecule has 0 aliphatic carbocycles.